The van der Waals surface area contributed by atoms with E-state index in [1.54, 1.807) is 0 Å². The van der Waals surface area contributed by atoms with Gasteiger partial charge in [-0.1, -0.05) is 12.1 Å². The highest BCUT2D eigenvalue weighted by Crippen LogP contribution is 2.46. The molecule has 0 aliphatic carbocycles. The number of piperidine rings is 1. The van der Waals surface area contributed by atoms with Crippen LogP contribution in [0.25, 0.3) is 0 Å². The smallest absolute Gasteiger partial charge is 0.310 e. The van der Waals surface area contributed by atoms with E-state index in [2.05, 4.69) is 58.8 Å². The van der Waals surface area contributed by atoms with Crippen LogP contribution in [0.2, 0.25) is 0 Å². The average molecular weight is 381 g/mol. The van der Waals surface area contributed by atoms with Crippen molar-refractivity contribution in [1.29, 1.82) is 0 Å². The van der Waals surface area contributed by atoms with Gasteiger partial charge in [0.1, 0.15) is 0 Å². The van der Waals surface area contributed by atoms with Crippen LogP contribution in [0.1, 0.15) is 30.7 Å². The molecule has 0 saturated carbocycles. The Morgan fingerprint density at radius 1 is 1.30 bits per heavy atom. The highest BCUT2D eigenvalue weighted by Gasteiger charge is 2.49. The molecule has 0 amide bonds. The molecule has 3 nitrogen and oxygen atoms in total. The van der Waals surface area contributed by atoms with Crippen molar-refractivity contribution in [3.63, 3.8) is 0 Å². The lowest BCUT2D eigenvalue weighted by molar-refractivity contribution is -0.150. The van der Waals surface area contributed by atoms with Gasteiger partial charge < -0.3 is 4.74 Å². The van der Waals surface area contributed by atoms with Crippen molar-refractivity contribution in [2.45, 2.75) is 37.3 Å². The number of ether oxygens (including phenoxy) is 1. The lowest BCUT2D eigenvalue weighted by atomic mass is 9.76. The molecule has 1 aromatic rings. The minimum absolute atomic E-state index is 0.0242. The summed E-state index contributed by atoms with van der Waals surface area (Å²) in [6, 6.07) is 9.56. The molecule has 2 aliphatic rings. The maximum absolute atomic E-state index is 12.3. The topological polar surface area (TPSA) is 29.5 Å². The van der Waals surface area contributed by atoms with E-state index in [0.717, 1.165) is 12.8 Å². The summed E-state index contributed by atoms with van der Waals surface area (Å²) in [5.41, 5.74) is 1.28. The first-order chi connectivity index (χ1) is 9.61. The predicted molar refractivity (Wildman–Crippen MR) is 86.6 cm³/mol. The second-order valence-corrected chi connectivity index (χ2v) is 7.15. The number of carbonyl (C=O) groups excluding carboxylic acids is 1. The Kier molecular flexibility index (Phi) is 4.04. The average Bonchev–Trinajstić information content (AvgIpc) is 2.70. The highest BCUT2D eigenvalue weighted by atomic mass is 123. The first-order valence-electron chi connectivity index (χ1n) is 7.17. The van der Waals surface area contributed by atoms with Crippen LogP contribution in [0.15, 0.2) is 24.3 Å². The van der Waals surface area contributed by atoms with Gasteiger partial charge in [0, 0.05) is 21.6 Å². The van der Waals surface area contributed by atoms with Gasteiger partial charge >= 0.3 is 5.97 Å². The van der Waals surface area contributed by atoms with Crippen LogP contribution in [0.3, 0.4) is 0 Å². The van der Waals surface area contributed by atoms with Crippen LogP contribution in [-0.2, 0) is 9.53 Å². The van der Waals surface area contributed by atoms with E-state index in [1.165, 1.54) is 22.7 Å². The van der Waals surface area contributed by atoms with Crippen LogP contribution >= 0.6 is 22.6 Å². The quantitative estimate of drug-likeness (QED) is 0.583. The van der Waals surface area contributed by atoms with Gasteiger partial charge in [0.25, 0.3) is 0 Å². The van der Waals surface area contributed by atoms with Gasteiger partial charge in [-0.25, -0.2) is 0 Å². The third kappa shape index (κ3) is 2.37. The van der Waals surface area contributed by atoms with Gasteiger partial charge in [-0.15, -0.1) is 0 Å². The Morgan fingerprint density at radius 2 is 2.00 bits per heavy atom. The molecule has 2 aliphatic heterocycles. The van der Waals surface area contributed by atoms with E-state index in [-0.39, 0.29) is 11.9 Å². The summed E-state index contributed by atoms with van der Waals surface area (Å²) >= 11 is 2.32. The molecule has 2 heterocycles. The number of hydrogen-bond donors (Lipinski definition) is 0. The molecule has 0 N–H and O–H groups in total. The zero-order valence-electron chi connectivity index (χ0n) is 11.9. The van der Waals surface area contributed by atoms with E-state index < -0.39 is 0 Å². The molecule has 4 atom stereocenters. The zero-order chi connectivity index (χ0) is 14.3. The fraction of sp³-hybridized carbons (Fsp3) is 0.562. The summed E-state index contributed by atoms with van der Waals surface area (Å²) in [5.74, 6) is 0.225. The highest BCUT2D eigenvalue weighted by molar-refractivity contribution is 14.1. The molecule has 3 rings (SSSR count). The van der Waals surface area contributed by atoms with E-state index >= 15 is 0 Å². The SMILES string of the molecule is COC(=O)C1[C@H]2CC[C@@H](C[C@H]1c1ccc([123I])cc1)N2C. The first-order valence-corrected chi connectivity index (χ1v) is 8.25. The molecule has 108 valence electrons. The summed E-state index contributed by atoms with van der Waals surface area (Å²) in [7, 11) is 3.66. The van der Waals surface area contributed by atoms with Crippen molar-refractivity contribution in [3.05, 3.63) is 33.4 Å². The summed E-state index contributed by atoms with van der Waals surface area (Å²) in [6.07, 6.45) is 3.38. The number of fused-ring (bicyclic) bond motifs is 2. The van der Waals surface area contributed by atoms with Crippen LogP contribution < -0.4 is 0 Å². The minimum Gasteiger partial charge on any atom is -0.469 e. The predicted octanol–water partition coefficient (Wildman–Crippen LogP) is 3.03. The molecule has 1 unspecified atom stereocenters. The molecule has 0 radical (unpaired) electrons. The second-order valence-electron chi connectivity index (χ2n) is 5.91. The lowest BCUT2D eigenvalue weighted by Gasteiger charge is -2.41. The Morgan fingerprint density at radius 3 is 2.65 bits per heavy atom. The number of nitrogens with zero attached hydrogens (tertiary/aromatic N) is 1. The van der Waals surface area contributed by atoms with Crippen molar-refractivity contribution in [2.24, 2.45) is 5.92 Å². The van der Waals surface area contributed by atoms with E-state index in [0.29, 0.717) is 18.0 Å². The van der Waals surface area contributed by atoms with Gasteiger partial charge in [0.15, 0.2) is 0 Å². The molecule has 20 heavy (non-hydrogen) atoms. The number of methoxy groups -OCH3 is 1. The van der Waals surface area contributed by atoms with Crippen molar-refractivity contribution in [3.8, 4) is 0 Å². The fourth-order valence-electron chi connectivity index (χ4n) is 3.98. The number of halogens is 1. The van der Waals surface area contributed by atoms with E-state index in [1.807, 2.05) is 0 Å². The van der Waals surface area contributed by atoms with Gasteiger partial charge in [0.2, 0.25) is 0 Å². The third-order valence-corrected chi connectivity index (χ3v) is 5.76. The molecule has 2 bridgehead atoms. The minimum atomic E-state index is -0.0502. The zero-order valence-corrected chi connectivity index (χ0v) is 14.0. The Hall–Kier alpha value is -0.620. The fourth-order valence-corrected chi connectivity index (χ4v) is 4.34. The van der Waals surface area contributed by atoms with Crippen LogP contribution in [-0.4, -0.2) is 37.1 Å². The van der Waals surface area contributed by atoms with Crippen molar-refractivity contribution in [2.75, 3.05) is 14.2 Å². The Labute approximate surface area is 133 Å². The monoisotopic (exact) mass is 381 g/mol. The normalized spacial score (nSPS) is 33.1. The summed E-state index contributed by atoms with van der Waals surface area (Å²) in [6.45, 7) is 0. The molecular formula is C16H20INO2. The lowest BCUT2D eigenvalue weighted by Crippen LogP contribution is -2.49. The summed E-state index contributed by atoms with van der Waals surface area (Å²) in [4.78, 5) is 14.7. The first kappa shape index (κ1) is 14.3. The van der Waals surface area contributed by atoms with Gasteiger partial charge in [-0.2, -0.15) is 0 Å². The molecule has 2 saturated heterocycles. The number of esters is 1. The van der Waals surface area contributed by atoms with Gasteiger partial charge in [-0.05, 0) is 66.6 Å². The molecule has 4 heteroatoms. The maximum atomic E-state index is 12.3. The Balaban J connectivity index is 1.95. The summed E-state index contributed by atoms with van der Waals surface area (Å²) < 4.78 is 6.33. The van der Waals surface area contributed by atoms with E-state index in [9.17, 15) is 4.79 Å². The number of hydrogen-bond acceptors (Lipinski definition) is 3. The molecule has 1 aromatic carbocycles. The van der Waals surface area contributed by atoms with E-state index in [4.69, 9.17) is 4.74 Å². The van der Waals surface area contributed by atoms with Gasteiger partial charge in [0.05, 0.1) is 13.0 Å². The maximum Gasteiger partial charge on any atom is 0.310 e. The van der Waals surface area contributed by atoms with Crippen LogP contribution in [0.5, 0.6) is 0 Å². The standard InChI is InChI=1S/C16H20INO2/c1-18-12-7-8-14(18)15(16(19)20-2)13(9-12)10-3-5-11(17)6-4-10/h3-6,12-15H,7-9H2,1-2H3/t12-,13-,14+,15?/m0/s1/i17-4. The molecule has 0 spiro atoms. The number of benzene rings is 1. The number of carbonyl (C=O) groups is 1. The van der Waals surface area contributed by atoms with Crippen molar-refractivity contribution in [1.82, 2.24) is 4.90 Å². The van der Waals surface area contributed by atoms with Gasteiger partial charge in [-0.3, -0.25) is 9.69 Å². The van der Waals surface area contributed by atoms with Crippen molar-refractivity contribution >= 4 is 28.6 Å². The molecule has 2 fully saturated rings. The molecule has 0 aromatic heterocycles. The largest absolute Gasteiger partial charge is 0.469 e. The third-order valence-electron chi connectivity index (χ3n) is 5.04. The summed E-state index contributed by atoms with van der Waals surface area (Å²) in [5, 5.41) is 0. The molecular weight excluding hydrogens is 361 g/mol. The van der Waals surface area contributed by atoms with Crippen LogP contribution in [0.4, 0.5) is 0 Å². The Bertz CT molecular complexity index is 502. The second kappa shape index (κ2) is 5.64. The van der Waals surface area contributed by atoms with Crippen molar-refractivity contribution < 1.29 is 9.53 Å². The number of rotatable bonds is 2. The van der Waals surface area contributed by atoms with Crippen LogP contribution in [0, 0.1) is 9.49 Å².